The number of amides is 3. The molecule has 2 aliphatic rings. The van der Waals surface area contributed by atoms with Crippen molar-refractivity contribution in [3.63, 3.8) is 0 Å². The van der Waals surface area contributed by atoms with E-state index in [1.807, 2.05) is 6.92 Å². The van der Waals surface area contributed by atoms with Gasteiger partial charge in [-0.15, -0.1) is 0 Å². The first-order valence-electron chi connectivity index (χ1n) is 12.7. The van der Waals surface area contributed by atoms with Crippen LogP contribution in [-0.4, -0.2) is 94.3 Å². The van der Waals surface area contributed by atoms with Crippen LogP contribution >= 0.6 is 0 Å². The molecule has 39 heavy (non-hydrogen) atoms. The molecule has 0 saturated carbocycles. The normalized spacial score (nSPS) is 20.0. The summed E-state index contributed by atoms with van der Waals surface area (Å²) >= 11 is 0. The van der Waals surface area contributed by atoms with Crippen molar-refractivity contribution >= 4 is 23.9 Å². The number of ether oxygens (including phenoxy) is 2. The number of nitrogens with one attached hydrogen (secondary N) is 3. The molecule has 0 unspecified atom stereocenters. The maximum atomic E-state index is 14.9. The maximum Gasteiger partial charge on any atom is 0.414 e. The number of anilines is 2. The highest BCUT2D eigenvalue weighted by molar-refractivity contribution is 5.88. The Labute approximate surface area is 224 Å². The van der Waals surface area contributed by atoms with Gasteiger partial charge in [-0.2, -0.15) is 4.98 Å². The number of hydrogen-bond donors (Lipinski definition) is 3. The summed E-state index contributed by atoms with van der Waals surface area (Å²) in [7, 11) is 1.28. The third kappa shape index (κ3) is 7.16. The number of carbonyl (C=O) groups is 2. The van der Waals surface area contributed by atoms with Crippen LogP contribution in [0.5, 0.6) is 11.8 Å². The fraction of sp³-hybridized carbons (Fsp3) is 0.583. The molecular weight excluding hydrogens is 516 g/mol. The second-order valence-electron chi connectivity index (χ2n) is 9.71. The third-order valence-corrected chi connectivity index (χ3v) is 6.75. The number of urea groups is 1. The Balaban J connectivity index is 1.40. The van der Waals surface area contributed by atoms with Crippen LogP contribution in [0.3, 0.4) is 0 Å². The quantitative estimate of drug-likeness (QED) is 0.470. The minimum Gasteiger partial charge on any atom is -0.477 e. The van der Waals surface area contributed by atoms with E-state index in [1.54, 1.807) is 6.92 Å². The topological polar surface area (TPSA) is 147 Å². The van der Waals surface area contributed by atoms with Gasteiger partial charge in [0.25, 0.3) is 5.92 Å². The molecule has 2 fully saturated rings. The van der Waals surface area contributed by atoms with Gasteiger partial charge in [-0.05, 0) is 39.8 Å². The van der Waals surface area contributed by atoms with Crippen molar-refractivity contribution in [1.82, 2.24) is 35.5 Å². The van der Waals surface area contributed by atoms with Crippen molar-refractivity contribution in [2.45, 2.75) is 50.6 Å². The van der Waals surface area contributed by atoms with Crippen molar-refractivity contribution in [3.05, 3.63) is 24.7 Å². The molecule has 2 saturated heterocycles. The molecule has 0 bridgehead atoms. The van der Waals surface area contributed by atoms with Crippen molar-refractivity contribution in [3.8, 4) is 11.8 Å². The van der Waals surface area contributed by atoms with Crippen molar-refractivity contribution in [1.29, 1.82) is 0 Å². The van der Waals surface area contributed by atoms with Crippen LogP contribution in [-0.2, 0) is 0 Å². The number of piperidine rings is 2. The van der Waals surface area contributed by atoms with E-state index in [0.29, 0.717) is 6.61 Å². The van der Waals surface area contributed by atoms with Crippen molar-refractivity contribution in [2.24, 2.45) is 0 Å². The molecule has 13 nitrogen and oxygen atoms in total. The number of aromatic nitrogens is 4. The monoisotopic (exact) mass is 549 g/mol. The largest absolute Gasteiger partial charge is 0.477 e. The summed E-state index contributed by atoms with van der Waals surface area (Å²) in [6.45, 7) is 5.42. The Morgan fingerprint density at radius 2 is 1.95 bits per heavy atom. The van der Waals surface area contributed by atoms with Crippen LogP contribution in [0.4, 0.5) is 30.1 Å². The lowest BCUT2D eigenvalue weighted by molar-refractivity contribution is -0.0760. The summed E-state index contributed by atoms with van der Waals surface area (Å²) in [6.07, 6.45) is 4.33. The van der Waals surface area contributed by atoms with Crippen molar-refractivity contribution < 1.29 is 27.8 Å². The average Bonchev–Trinajstić information content (AvgIpc) is 2.89. The average molecular weight is 550 g/mol. The summed E-state index contributed by atoms with van der Waals surface area (Å²) in [6, 6.07) is -0.847. The Morgan fingerprint density at radius 3 is 2.64 bits per heavy atom. The molecule has 0 spiro atoms. The second-order valence-corrected chi connectivity index (χ2v) is 9.71. The van der Waals surface area contributed by atoms with Gasteiger partial charge in [-0.1, -0.05) is 0 Å². The van der Waals surface area contributed by atoms with E-state index in [4.69, 9.17) is 9.47 Å². The lowest BCUT2D eigenvalue weighted by Crippen LogP contribution is -2.60. The summed E-state index contributed by atoms with van der Waals surface area (Å²) in [5, 5.41) is 8.59. The first-order valence-corrected chi connectivity index (χ1v) is 12.7. The number of nitrogens with zero attached hydrogens (tertiary/aromatic N) is 6. The number of rotatable bonds is 7. The van der Waals surface area contributed by atoms with E-state index in [-0.39, 0.29) is 36.6 Å². The molecule has 2 aromatic heterocycles. The van der Waals surface area contributed by atoms with Gasteiger partial charge >= 0.3 is 12.1 Å². The number of halogens is 2. The van der Waals surface area contributed by atoms with Crippen LogP contribution < -0.4 is 30.3 Å². The van der Waals surface area contributed by atoms with Gasteiger partial charge in [0.05, 0.1) is 19.0 Å². The Kier molecular flexibility index (Phi) is 8.57. The summed E-state index contributed by atoms with van der Waals surface area (Å²) in [5.74, 6) is -2.69. The molecule has 0 radical (unpaired) electrons. The van der Waals surface area contributed by atoms with Gasteiger partial charge in [0.15, 0.2) is 5.82 Å². The molecule has 0 aromatic carbocycles. The van der Waals surface area contributed by atoms with Gasteiger partial charge < -0.3 is 29.9 Å². The molecule has 3 amide bonds. The SMILES string of the molecule is CCOc1cnc(NC(=O)N(C)[C@H]2CN(c3nccc(OC(=O)NC4(C)CCNCC4)n3)CCC2(F)F)cn1. The highest BCUT2D eigenvalue weighted by atomic mass is 19.3. The van der Waals surface area contributed by atoms with E-state index >= 15 is 0 Å². The van der Waals surface area contributed by atoms with E-state index in [2.05, 4.69) is 35.9 Å². The first kappa shape index (κ1) is 28.1. The van der Waals surface area contributed by atoms with Crippen LogP contribution in [0.15, 0.2) is 24.7 Å². The molecule has 1 atom stereocenters. The smallest absolute Gasteiger partial charge is 0.414 e. The van der Waals surface area contributed by atoms with Crippen LogP contribution in [0.1, 0.15) is 33.1 Å². The first-order chi connectivity index (χ1) is 18.6. The standard InChI is InChI=1S/C24H33F2N9O4/c1-4-38-19-14-29-17(13-30-19)31-21(36)34(3)16-15-35(12-8-24(16,25)26)20-28-9-5-18(32-20)39-22(37)33-23(2)6-10-27-11-7-23/h5,9,13-14,16,27H,4,6-8,10-12,15H2,1-3H3,(H,33,37)(H,29,31,36)/t16-/m0/s1. The Morgan fingerprint density at radius 1 is 1.18 bits per heavy atom. The summed E-state index contributed by atoms with van der Waals surface area (Å²) in [5.41, 5.74) is -0.397. The summed E-state index contributed by atoms with van der Waals surface area (Å²) in [4.78, 5) is 44.2. The van der Waals surface area contributed by atoms with Crippen LogP contribution in [0.25, 0.3) is 0 Å². The van der Waals surface area contributed by atoms with Gasteiger partial charge in [0.1, 0.15) is 6.04 Å². The number of carbonyl (C=O) groups excluding carboxylic acids is 2. The zero-order valence-corrected chi connectivity index (χ0v) is 22.1. The molecule has 2 aliphatic heterocycles. The lowest BCUT2D eigenvalue weighted by Gasteiger charge is -2.42. The molecule has 15 heteroatoms. The highest BCUT2D eigenvalue weighted by Gasteiger charge is 2.48. The third-order valence-electron chi connectivity index (χ3n) is 6.75. The van der Waals surface area contributed by atoms with Gasteiger partial charge in [-0.3, -0.25) is 5.32 Å². The molecule has 2 aromatic rings. The molecule has 4 rings (SSSR count). The minimum atomic E-state index is -3.16. The molecule has 212 valence electrons. The predicted octanol–water partition coefficient (Wildman–Crippen LogP) is 2.27. The van der Waals surface area contributed by atoms with Gasteiger partial charge in [0, 0.05) is 44.4 Å². The zero-order valence-electron chi connectivity index (χ0n) is 22.1. The maximum absolute atomic E-state index is 14.9. The number of alkyl halides is 2. The predicted molar refractivity (Wildman–Crippen MR) is 137 cm³/mol. The zero-order chi connectivity index (χ0) is 28.0. The van der Waals surface area contributed by atoms with E-state index in [9.17, 15) is 18.4 Å². The van der Waals surface area contributed by atoms with E-state index in [0.717, 1.165) is 30.8 Å². The van der Waals surface area contributed by atoms with E-state index in [1.165, 1.54) is 36.6 Å². The second kappa shape index (κ2) is 11.9. The van der Waals surface area contributed by atoms with E-state index < -0.39 is 36.0 Å². The number of likely N-dealkylation sites (N-methyl/N-ethyl adjacent to an activating group) is 1. The molecule has 4 heterocycles. The van der Waals surface area contributed by atoms with Crippen molar-refractivity contribution in [2.75, 3.05) is 50.1 Å². The lowest BCUT2D eigenvalue weighted by atomic mass is 9.91. The Bertz CT molecular complexity index is 1150. The summed E-state index contributed by atoms with van der Waals surface area (Å²) < 4.78 is 40.5. The van der Waals surface area contributed by atoms with Crippen LogP contribution in [0, 0.1) is 0 Å². The molecule has 3 N–H and O–H groups in total. The Hall–Kier alpha value is -3.88. The number of hydrogen-bond acceptors (Lipinski definition) is 10. The fourth-order valence-corrected chi connectivity index (χ4v) is 4.43. The molecule has 0 aliphatic carbocycles. The fourth-order valence-electron chi connectivity index (χ4n) is 4.43. The molecular formula is C24H33F2N9O4. The highest BCUT2D eigenvalue weighted by Crippen LogP contribution is 2.33. The van der Waals surface area contributed by atoms with Crippen LogP contribution in [0.2, 0.25) is 0 Å². The van der Waals surface area contributed by atoms with Gasteiger partial charge in [-0.25, -0.2) is 33.3 Å². The van der Waals surface area contributed by atoms with Gasteiger partial charge in [0.2, 0.25) is 17.7 Å². The minimum absolute atomic E-state index is 0.0101.